The van der Waals surface area contributed by atoms with Gasteiger partial charge in [-0.05, 0) is 81.8 Å². The fourth-order valence-corrected chi connectivity index (χ4v) is 5.74. The first-order valence-electron chi connectivity index (χ1n) is 12.7. The molecular formula is C31H38ClN2O2+. The van der Waals surface area contributed by atoms with Gasteiger partial charge in [-0.1, -0.05) is 25.4 Å². The molecule has 0 unspecified atom stereocenters. The minimum atomic E-state index is -0.154. The molecule has 5 heteroatoms. The molecule has 4 rings (SSSR count). The minimum Gasteiger partial charge on any atom is -0.497 e. The lowest BCUT2D eigenvalue weighted by atomic mass is 9.81. The summed E-state index contributed by atoms with van der Waals surface area (Å²) in [7, 11) is 3.43. The Kier molecular flexibility index (Phi) is 7.12. The Hall–Kier alpha value is -2.98. The summed E-state index contributed by atoms with van der Waals surface area (Å²) < 4.78 is 13.3. The number of ether oxygens (including phenoxy) is 2. The largest absolute Gasteiger partial charge is 0.497 e. The van der Waals surface area contributed by atoms with Crippen LogP contribution in [-0.2, 0) is 10.8 Å². The van der Waals surface area contributed by atoms with Crippen molar-refractivity contribution in [3.8, 4) is 11.5 Å². The molecule has 2 aliphatic rings. The fourth-order valence-electron chi connectivity index (χ4n) is 5.62. The van der Waals surface area contributed by atoms with Crippen molar-refractivity contribution in [2.24, 2.45) is 0 Å². The maximum absolute atomic E-state index is 6.76. The van der Waals surface area contributed by atoms with Gasteiger partial charge in [-0.3, -0.25) is 0 Å². The Bertz CT molecular complexity index is 1300. The first-order chi connectivity index (χ1) is 17.1. The van der Waals surface area contributed by atoms with Crippen LogP contribution in [0.2, 0.25) is 0 Å². The summed E-state index contributed by atoms with van der Waals surface area (Å²) in [4.78, 5) is 2.36. The Morgan fingerprint density at radius 2 is 1.58 bits per heavy atom. The normalized spacial score (nSPS) is 19.3. The van der Waals surface area contributed by atoms with Gasteiger partial charge in [-0.15, -0.1) is 0 Å². The number of hydrogen-bond acceptors (Lipinski definition) is 3. The molecule has 0 atom stereocenters. The standard InChI is InChI=1S/C31H38ClN2O2/c1-9-33-26-15-13-22(35-7)19-24(26)30(3,4)28(33)17-11-21(32)12-18-29-31(5,6)25-20-23(36-8)14-16-27(25)34(29)10-2/h11-20H,9-10H2,1-8H3/q+1. The molecule has 36 heavy (non-hydrogen) atoms. The number of anilines is 1. The van der Waals surface area contributed by atoms with Crippen LogP contribution < -0.4 is 14.4 Å². The van der Waals surface area contributed by atoms with E-state index in [9.17, 15) is 0 Å². The number of halogens is 1. The third-order valence-electron chi connectivity index (χ3n) is 7.63. The van der Waals surface area contributed by atoms with E-state index in [0.717, 1.165) is 24.6 Å². The van der Waals surface area contributed by atoms with Gasteiger partial charge in [-0.25, -0.2) is 0 Å². The van der Waals surface area contributed by atoms with E-state index in [1.54, 1.807) is 14.2 Å². The molecule has 0 amide bonds. The van der Waals surface area contributed by atoms with E-state index >= 15 is 0 Å². The predicted octanol–water partition coefficient (Wildman–Crippen LogP) is 7.48. The van der Waals surface area contributed by atoms with E-state index in [4.69, 9.17) is 21.1 Å². The number of allylic oxidation sites excluding steroid dienone is 6. The molecule has 2 aliphatic heterocycles. The second-order valence-electron chi connectivity index (χ2n) is 10.3. The number of benzene rings is 2. The molecule has 0 aromatic heterocycles. The van der Waals surface area contributed by atoms with Gasteiger partial charge in [0.25, 0.3) is 0 Å². The van der Waals surface area contributed by atoms with Crippen LogP contribution in [0, 0.1) is 0 Å². The highest BCUT2D eigenvalue weighted by molar-refractivity contribution is 6.31. The summed E-state index contributed by atoms with van der Waals surface area (Å²) in [5.74, 6) is 1.76. The van der Waals surface area contributed by atoms with E-state index in [2.05, 4.69) is 87.4 Å². The summed E-state index contributed by atoms with van der Waals surface area (Å²) in [6, 6.07) is 12.6. The average Bonchev–Trinajstić information content (AvgIpc) is 3.22. The summed E-state index contributed by atoms with van der Waals surface area (Å²) in [5, 5.41) is 0.691. The van der Waals surface area contributed by atoms with E-state index in [1.807, 2.05) is 24.3 Å². The molecular weight excluding hydrogens is 468 g/mol. The quantitative estimate of drug-likeness (QED) is 0.288. The zero-order chi connectivity index (χ0) is 26.3. The Morgan fingerprint density at radius 3 is 2.19 bits per heavy atom. The lowest BCUT2D eigenvalue weighted by Crippen LogP contribution is -2.27. The van der Waals surface area contributed by atoms with Crippen LogP contribution in [-0.4, -0.2) is 37.6 Å². The average molecular weight is 506 g/mol. The van der Waals surface area contributed by atoms with E-state index in [-0.39, 0.29) is 10.8 Å². The number of fused-ring (bicyclic) bond motifs is 2. The third-order valence-corrected chi connectivity index (χ3v) is 7.88. The van der Waals surface area contributed by atoms with Crippen LogP contribution in [0.4, 0.5) is 11.4 Å². The van der Waals surface area contributed by atoms with Crippen molar-refractivity contribution in [3.05, 3.63) is 82.6 Å². The Morgan fingerprint density at radius 1 is 0.944 bits per heavy atom. The van der Waals surface area contributed by atoms with Gasteiger partial charge in [0, 0.05) is 46.1 Å². The molecule has 0 bridgehead atoms. The van der Waals surface area contributed by atoms with Crippen molar-refractivity contribution in [2.45, 2.75) is 52.4 Å². The zero-order valence-electron chi connectivity index (χ0n) is 22.8. The van der Waals surface area contributed by atoms with Crippen molar-refractivity contribution in [2.75, 3.05) is 32.2 Å². The molecule has 0 N–H and O–H groups in total. The Balaban J connectivity index is 1.66. The molecule has 0 radical (unpaired) electrons. The smallest absolute Gasteiger partial charge is 0.210 e. The van der Waals surface area contributed by atoms with Crippen molar-refractivity contribution >= 4 is 28.7 Å². The highest BCUT2D eigenvalue weighted by Gasteiger charge is 2.44. The summed E-state index contributed by atoms with van der Waals surface area (Å²) in [6.45, 7) is 15.2. The van der Waals surface area contributed by atoms with Gasteiger partial charge >= 0.3 is 0 Å². The molecule has 190 valence electrons. The van der Waals surface area contributed by atoms with Crippen LogP contribution in [0.25, 0.3) is 0 Å². The number of methoxy groups -OCH3 is 2. The van der Waals surface area contributed by atoms with Gasteiger partial charge in [0.2, 0.25) is 5.69 Å². The molecule has 0 spiro atoms. The predicted molar refractivity (Wildman–Crippen MR) is 152 cm³/mol. The van der Waals surface area contributed by atoms with E-state index in [1.165, 1.54) is 33.9 Å². The van der Waals surface area contributed by atoms with Gasteiger partial charge in [0.05, 0.1) is 19.6 Å². The lowest BCUT2D eigenvalue weighted by Gasteiger charge is -2.25. The summed E-state index contributed by atoms with van der Waals surface area (Å²) >= 11 is 6.76. The highest BCUT2D eigenvalue weighted by atomic mass is 35.5. The summed E-state index contributed by atoms with van der Waals surface area (Å²) in [5.41, 5.74) is 7.13. The molecule has 2 aromatic rings. The lowest BCUT2D eigenvalue weighted by molar-refractivity contribution is -0.433. The fraction of sp³-hybridized carbons (Fsp3) is 0.387. The number of rotatable bonds is 7. The Labute approximate surface area is 221 Å². The zero-order valence-corrected chi connectivity index (χ0v) is 23.5. The minimum absolute atomic E-state index is 0.154. The van der Waals surface area contributed by atoms with Crippen molar-refractivity contribution in [1.29, 1.82) is 0 Å². The van der Waals surface area contributed by atoms with Gasteiger partial charge in [0.15, 0.2) is 5.71 Å². The molecule has 2 heterocycles. The van der Waals surface area contributed by atoms with Crippen LogP contribution in [0.3, 0.4) is 0 Å². The topological polar surface area (TPSA) is 24.7 Å². The second-order valence-corrected chi connectivity index (χ2v) is 10.8. The van der Waals surface area contributed by atoms with Crippen LogP contribution in [0.1, 0.15) is 52.7 Å². The van der Waals surface area contributed by atoms with Crippen molar-refractivity contribution in [1.82, 2.24) is 0 Å². The molecule has 0 fully saturated rings. The van der Waals surface area contributed by atoms with Gasteiger partial charge in [-0.2, -0.15) is 4.58 Å². The summed E-state index contributed by atoms with van der Waals surface area (Å²) in [6.07, 6.45) is 8.33. The molecule has 0 saturated heterocycles. The van der Waals surface area contributed by atoms with Crippen molar-refractivity contribution in [3.63, 3.8) is 0 Å². The van der Waals surface area contributed by atoms with Crippen LogP contribution in [0.15, 0.2) is 71.4 Å². The highest BCUT2D eigenvalue weighted by Crippen LogP contribution is 2.49. The molecule has 0 aliphatic carbocycles. The van der Waals surface area contributed by atoms with Crippen LogP contribution in [0.5, 0.6) is 11.5 Å². The first kappa shape index (κ1) is 26.1. The van der Waals surface area contributed by atoms with Crippen LogP contribution >= 0.6 is 11.6 Å². The maximum Gasteiger partial charge on any atom is 0.210 e. The van der Waals surface area contributed by atoms with Crippen molar-refractivity contribution < 1.29 is 14.0 Å². The monoisotopic (exact) mass is 505 g/mol. The molecule has 0 saturated carbocycles. The second kappa shape index (κ2) is 9.82. The molecule has 2 aromatic carbocycles. The third kappa shape index (κ3) is 4.26. The van der Waals surface area contributed by atoms with E-state index in [0.29, 0.717) is 5.03 Å². The van der Waals surface area contributed by atoms with Gasteiger partial charge < -0.3 is 14.4 Å². The number of likely N-dealkylation sites (N-methyl/N-ethyl adjacent to an activating group) is 1. The van der Waals surface area contributed by atoms with Gasteiger partial charge in [0.1, 0.15) is 18.0 Å². The maximum atomic E-state index is 6.76. The SMILES string of the molecule is CCN1/C(=C/C=C(Cl)/C=C/C2=[N+](CC)c3ccc(OC)cc3C2(C)C)C(C)(C)c2cc(OC)ccc21. The van der Waals surface area contributed by atoms with E-state index < -0.39 is 0 Å². The number of nitrogens with zero attached hydrogens (tertiary/aromatic N) is 2. The number of hydrogen-bond donors (Lipinski definition) is 0. The molecule has 4 nitrogen and oxygen atoms in total. The first-order valence-corrected chi connectivity index (χ1v) is 13.0.